The Balaban J connectivity index is 2.09. The predicted octanol–water partition coefficient (Wildman–Crippen LogP) is 2.27. The minimum absolute atomic E-state index is 0.119. The van der Waals surface area contributed by atoms with Gasteiger partial charge >= 0.3 is 0 Å². The van der Waals surface area contributed by atoms with Crippen LogP contribution in [0.1, 0.15) is 43.5 Å². The number of fused-ring (bicyclic) bond motifs is 1. The molecule has 3 nitrogen and oxygen atoms in total. The summed E-state index contributed by atoms with van der Waals surface area (Å²) in [6.07, 6.45) is 0.918. The van der Waals surface area contributed by atoms with Crippen molar-refractivity contribution in [1.82, 2.24) is 5.32 Å². The van der Waals surface area contributed by atoms with Gasteiger partial charge in [-0.1, -0.05) is 24.3 Å². The fourth-order valence-corrected chi connectivity index (χ4v) is 2.28. The number of rotatable bonds is 3. The van der Waals surface area contributed by atoms with Gasteiger partial charge in [0.05, 0.1) is 11.5 Å². The first-order valence-electron chi connectivity index (χ1n) is 6.02. The van der Waals surface area contributed by atoms with E-state index < -0.39 is 0 Å². The standard InChI is InChI=1S/C14H19N3/c1-14(2,8-15)9-17-13-7-12(16)10-5-3-4-6-11(10)13/h3-6,12-13,17H,7,9,16H2,1-2H3. The Labute approximate surface area is 103 Å². The molecule has 0 spiro atoms. The van der Waals surface area contributed by atoms with Gasteiger partial charge in [0.25, 0.3) is 0 Å². The third-order valence-corrected chi connectivity index (χ3v) is 3.35. The highest BCUT2D eigenvalue weighted by Gasteiger charge is 2.29. The van der Waals surface area contributed by atoms with E-state index in [0.29, 0.717) is 6.54 Å². The van der Waals surface area contributed by atoms with Crippen molar-refractivity contribution in [3.63, 3.8) is 0 Å². The molecule has 1 aliphatic rings. The lowest BCUT2D eigenvalue weighted by molar-refractivity contribution is 0.395. The largest absolute Gasteiger partial charge is 0.324 e. The molecule has 0 heterocycles. The van der Waals surface area contributed by atoms with Crippen LogP contribution in [-0.4, -0.2) is 6.54 Å². The van der Waals surface area contributed by atoms with Crippen LogP contribution in [0.25, 0.3) is 0 Å². The number of hydrogen-bond acceptors (Lipinski definition) is 3. The van der Waals surface area contributed by atoms with Crippen LogP contribution in [0.5, 0.6) is 0 Å². The van der Waals surface area contributed by atoms with Crippen molar-refractivity contribution < 1.29 is 0 Å². The third kappa shape index (κ3) is 2.49. The highest BCUT2D eigenvalue weighted by Crippen LogP contribution is 2.37. The molecule has 3 heteroatoms. The Morgan fingerprint density at radius 3 is 2.71 bits per heavy atom. The second kappa shape index (κ2) is 4.48. The molecule has 0 saturated heterocycles. The molecule has 0 aliphatic heterocycles. The maximum Gasteiger partial charge on any atom is 0.0697 e. The molecule has 0 saturated carbocycles. The molecule has 0 bridgehead atoms. The third-order valence-electron chi connectivity index (χ3n) is 3.35. The van der Waals surface area contributed by atoms with Gasteiger partial charge in [0.15, 0.2) is 0 Å². The summed E-state index contributed by atoms with van der Waals surface area (Å²) in [7, 11) is 0. The van der Waals surface area contributed by atoms with Crippen LogP contribution in [0.15, 0.2) is 24.3 Å². The number of hydrogen-bond donors (Lipinski definition) is 2. The molecule has 0 radical (unpaired) electrons. The van der Waals surface area contributed by atoms with Gasteiger partial charge in [-0.3, -0.25) is 0 Å². The molecule has 2 rings (SSSR count). The van der Waals surface area contributed by atoms with Crippen molar-refractivity contribution >= 4 is 0 Å². The van der Waals surface area contributed by atoms with Gasteiger partial charge < -0.3 is 11.1 Å². The van der Waals surface area contributed by atoms with Crippen molar-refractivity contribution in [2.45, 2.75) is 32.4 Å². The monoisotopic (exact) mass is 229 g/mol. The Hall–Kier alpha value is -1.37. The van der Waals surface area contributed by atoms with Crippen molar-refractivity contribution in [1.29, 1.82) is 5.26 Å². The van der Waals surface area contributed by atoms with E-state index in [0.717, 1.165) is 6.42 Å². The van der Waals surface area contributed by atoms with E-state index in [1.165, 1.54) is 11.1 Å². The Bertz CT molecular complexity index is 445. The first-order chi connectivity index (χ1) is 8.03. The van der Waals surface area contributed by atoms with Crippen molar-refractivity contribution in [3.8, 4) is 6.07 Å². The molecule has 3 N–H and O–H groups in total. The molecule has 0 amide bonds. The maximum absolute atomic E-state index is 9.00. The summed E-state index contributed by atoms with van der Waals surface area (Å²) in [6.45, 7) is 4.58. The lowest BCUT2D eigenvalue weighted by Crippen LogP contribution is -2.30. The topological polar surface area (TPSA) is 61.8 Å². The minimum Gasteiger partial charge on any atom is -0.324 e. The number of nitrogens with two attached hydrogens (primary N) is 1. The van der Waals surface area contributed by atoms with Gasteiger partial charge in [0.1, 0.15) is 0 Å². The Kier molecular flexibility index (Phi) is 3.19. The average Bonchev–Trinajstić information content (AvgIpc) is 2.65. The Morgan fingerprint density at radius 1 is 1.41 bits per heavy atom. The molecule has 1 aliphatic carbocycles. The zero-order valence-corrected chi connectivity index (χ0v) is 10.4. The zero-order valence-electron chi connectivity index (χ0n) is 10.4. The summed E-state index contributed by atoms with van der Waals surface area (Å²) in [5, 5.41) is 12.5. The summed E-state index contributed by atoms with van der Waals surface area (Å²) >= 11 is 0. The smallest absolute Gasteiger partial charge is 0.0697 e. The van der Waals surface area contributed by atoms with Gasteiger partial charge in [0, 0.05) is 18.6 Å². The van der Waals surface area contributed by atoms with Gasteiger partial charge in [-0.2, -0.15) is 5.26 Å². The fourth-order valence-electron chi connectivity index (χ4n) is 2.28. The van der Waals surface area contributed by atoms with Gasteiger partial charge in [0.2, 0.25) is 0 Å². The number of nitrogens with zero attached hydrogens (tertiary/aromatic N) is 1. The van der Waals surface area contributed by atoms with Crippen molar-refractivity contribution in [3.05, 3.63) is 35.4 Å². The van der Waals surface area contributed by atoms with Gasteiger partial charge in [-0.25, -0.2) is 0 Å². The molecule has 0 fully saturated rings. The van der Waals surface area contributed by atoms with Crippen LogP contribution in [0.4, 0.5) is 0 Å². The van der Waals surface area contributed by atoms with Crippen LogP contribution in [0.2, 0.25) is 0 Å². The second-order valence-corrected chi connectivity index (χ2v) is 5.40. The zero-order chi connectivity index (χ0) is 12.5. The molecule has 90 valence electrons. The minimum atomic E-state index is -0.332. The number of nitriles is 1. The summed E-state index contributed by atoms with van der Waals surface area (Å²) in [4.78, 5) is 0. The predicted molar refractivity (Wildman–Crippen MR) is 68.1 cm³/mol. The molecule has 0 aromatic heterocycles. The highest BCUT2D eigenvalue weighted by molar-refractivity contribution is 5.37. The summed E-state index contributed by atoms with van der Waals surface area (Å²) < 4.78 is 0. The van der Waals surface area contributed by atoms with Crippen LogP contribution < -0.4 is 11.1 Å². The van der Waals surface area contributed by atoms with E-state index >= 15 is 0 Å². The molecular formula is C14H19N3. The molecule has 2 unspecified atom stereocenters. The van der Waals surface area contributed by atoms with Crippen molar-refractivity contribution in [2.24, 2.45) is 11.1 Å². The molecule has 1 aromatic rings. The lowest BCUT2D eigenvalue weighted by atomic mass is 9.95. The molecule has 17 heavy (non-hydrogen) atoms. The average molecular weight is 229 g/mol. The number of benzene rings is 1. The highest BCUT2D eigenvalue weighted by atomic mass is 14.9. The van der Waals surface area contributed by atoms with Crippen LogP contribution >= 0.6 is 0 Å². The molecule has 2 atom stereocenters. The van der Waals surface area contributed by atoms with Gasteiger partial charge in [-0.15, -0.1) is 0 Å². The van der Waals surface area contributed by atoms with E-state index in [9.17, 15) is 0 Å². The normalized spacial score (nSPS) is 23.2. The fraction of sp³-hybridized carbons (Fsp3) is 0.500. The van der Waals surface area contributed by atoms with E-state index in [-0.39, 0.29) is 17.5 Å². The van der Waals surface area contributed by atoms with Crippen LogP contribution in [-0.2, 0) is 0 Å². The SMILES string of the molecule is CC(C)(C#N)CNC1CC(N)c2ccccc21. The van der Waals surface area contributed by atoms with E-state index in [1.807, 2.05) is 26.0 Å². The molecule has 1 aromatic carbocycles. The quantitative estimate of drug-likeness (QED) is 0.835. The van der Waals surface area contributed by atoms with Crippen LogP contribution in [0, 0.1) is 16.7 Å². The second-order valence-electron chi connectivity index (χ2n) is 5.40. The van der Waals surface area contributed by atoms with Gasteiger partial charge in [-0.05, 0) is 31.4 Å². The van der Waals surface area contributed by atoms with E-state index in [4.69, 9.17) is 11.0 Å². The van der Waals surface area contributed by atoms with E-state index in [2.05, 4.69) is 23.5 Å². The molecular weight excluding hydrogens is 210 g/mol. The first-order valence-corrected chi connectivity index (χ1v) is 6.02. The van der Waals surface area contributed by atoms with Crippen molar-refractivity contribution in [2.75, 3.05) is 6.54 Å². The first kappa shape index (κ1) is 12.1. The van der Waals surface area contributed by atoms with E-state index in [1.54, 1.807) is 0 Å². The summed E-state index contributed by atoms with van der Waals surface area (Å²) in [5.41, 5.74) is 8.29. The Morgan fingerprint density at radius 2 is 2.06 bits per heavy atom. The summed E-state index contributed by atoms with van der Waals surface area (Å²) in [6, 6.07) is 11.0. The summed E-state index contributed by atoms with van der Waals surface area (Å²) in [5.74, 6) is 0. The number of nitrogens with one attached hydrogen (secondary N) is 1. The van der Waals surface area contributed by atoms with Crippen LogP contribution in [0.3, 0.4) is 0 Å². The maximum atomic E-state index is 9.00. The lowest BCUT2D eigenvalue weighted by Gasteiger charge is -2.20.